The smallest absolute Gasteiger partial charge is 0.135 e. The zero-order valence-electron chi connectivity index (χ0n) is 8.90. The molecule has 0 unspecified atom stereocenters. The number of hydrogen-bond acceptors (Lipinski definition) is 0. The molecule has 4 heteroatoms. The molecule has 0 bridgehead atoms. The van der Waals surface area contributed by atoms with Crippen molar-refractivity contribution in [2.45, 2.75) is 6.92 Å². The first-order valence-corrected chi connectivity index (χ1v) is 5.70. The van der Waals surface area contributed by atoms with Crippen LogP contribution in [0.15, 0.2) is 34.8 Å². The molecule has 0 aliphatic carbocycles. The van der Waals surface area contributed by atoms with E-state index < -0.39 is 17.5 Å². The Morgan fingerprint density at radius 3 is 2.00 bits per heavy atom. The van der Waals surface area contributed by atoms with Crippen LogP contribution in [0.5, 0.6) is 0 Å². The molecule has 0 saturated heterocycles. The molecular formula is C13H8BrF3. The molecule has 2 rings (SSSR count). The van der Waals surface area contributed by atoms with Crippen LogP contribution in [0.25, 0.3) is 11.1 Å². The van der Waals surface area contributed by atoms with Crippen LogP contribution >= 0.6 is 15.9 Å². The van der Waals surface area contributed by atoms with Crippen LogP contribution in [0.3, 0.4) is 0 Å². The van der Waals surface area contributed by atoms with Gasteiger partial charge in [-0.2, -0.15) is 0 Å². The molecule has 0 amide bonds. The predicted molar refractivity (Wildman–Crippen MR) is 64.2 cm³/mol. The fourth-order valence-corrected chi connectivity index (χ4v) is 2.13. The van der Waals surface area contributed by atoms with Crippen LogP contribution < -0.4 is 0 Å². The fraction of sp³-hybridized carbons (Fsp3) is 0.0769. The molecule has 0 fully saturated rings. The Morgan fingerprint density at radius 2 is 1.47 bits per heavy atom. The van der Waals surface area contributed by atoms with Crippen LogP contribution in [0.4, 0.5) is 13.2 Å². The van der Waals surface area contributed by atoms with E-state index in [0.29, 0.717) is 5.56 Å². The maximum atomic E-state index is 13.7. The summed E-state index contributed by atoms with van der Waals surface area (Å²) >= 11 is 2.98. The largest absolute Gasteiger partial charge is 0.206 e. The van der Waals surface area contributed by atoms with E-state index in [2.05, 4.69) is 15.9 Å². The summed E-state index contributed by atoms with van der Waals surface area (Å²) in [4.78, 5) is 0. The van der Waals surface area contributed by atoms with Gasteiger partial charge in [0.25, 0.3) is 0 Å². The second-order valence-corrected chi connectivity index (χ2v) is 4.59. The van der Waals surface area contributed by atoms with E-state index in [1.54, 1.807) is 13.0 Å². The highest BCUT2D eigenvalue weighted by Crippen LogP contribution is 2.32. The van der Waals surface area contributed by atoms with Crippen molar-refractivity contribution in [1.82, 2.24) is 0 Å². The SMILES string of the molecule is Cc1cccc(F)c1-c1c(F)cc(Br)cc1F. The van der Waals surface area contributed by atoms with E-state index in [1.165, 1.54) is 12.1 Å². The summed E-state index contributed by atoms with van der Waals surface area (Å²) in [6.45, 7) is 1.61. The van der Waals surface area contributed by atoms with Crippen LogP contribution in [0, 0.1) is 24.4 Å². The first kappa shape index (κ1) is 12.2. The van der Waals surface area contributed by atoms with Crippen molar-refractivity contribution in [3.8, 4) is 11.1 Å². The van der Waals surface area contributed by atoms with Crippen molar-refractivity contribution in [3.63, 3.8) is 0 Å². The van der Waals surface area contributed by atoms with E-state index in [4.69, 9.17) is 0 Å². The van der Waals surface area contributed by atoms with Gasteiger partial charge in [-0.3, -0.25) is 0 Å². The molecule has 0 heterocycles. The van der Waals surface area contributed by atoms with Crippen molar-refractivity contribution in [2.24, 2.45) is 0 Å². The van der Waals surface area contributed by atoms with E-state index in [9.17, 15) is 13.2 Å². The second kappa shape index (κ2) is 4.53. The molecule has 0 N–H and O–H groups in total. The summed E-state index contributed by atoms with van der Waals surface area (Å²) in [6, 6.07) is 6.53. The standard InChI is InChI=1S/C13H8BrF3/c1-7-3-2-4-9(15)12(7)13-10(16)5-8(14)6-11(13)17/h2-6H,1H3. The Kier molecular flexibility index (Phi) is 3.24. The highest BCUT2D eigenvalue weighted by Gasteiger charge is 2.17. The number of halogens is 4. The molecule has 0 spiro atoms. The quantitative estimate of drug-likeness (QED) is 0.707. The predicted octanol–water partition coefficient (Wildman–Crippen LogP) is 4.84. The third-order valence-corrected chi connectivity index (χ3v) is 2.94. The molecule has 2 aromatic carbocycles. The highest BCUT2D eigenvalue weighted by atomic mass is 79.9. The van der Waals surface area contributed by atoms with Gasteiger partial charge in [-0.1, -0.05) is 28.1 Å². The lowest BCUT2D eigenvalue weighted by Crippen LogP contribution is -1.96. The Labute approximate surface area is 105 Å². The summed E-state index contributed by atoms with van der Waals surface area (Å²) < 4.78 is 41.4. The van der Waals surface area contributed by atoms with E-state index in [-0.39, 0.29) is 15.6 Å². The van der Waals surface area contributed by atoms with E-state index in [0.717, 1.165) is 12.1 Å². The number of aryl methyl sites for hydroxylation is 1. The van der Waals surface area contributed by atoms with Gasteiger partial charge in [0.1, 0.15) is 17.5 Å². The summed E-state index contributed by atoms with van der Waals surface area (Å²) in [5, 5.41) is 0. The van der Waals surface area contributed by atoms with Crippen LogP contribution in [-0.2, 0) is 0 Å². The monoisotopic (exact) mass is 300 g/mol. The molecule has 0 aliphatic heterocycles. The number of benzene rings is 2. The van der Waals surface area contributed by atoms with Gasteiger partial charge in [0.15, 0.2) is 0 Å². The van der Waals surface area contributed by atoms with Gasteiger partial charge in [0.05, 0.1) is 5.56 Å². The maximum absolute atomic E-state index is 13.7. The lowest BCUT2D eigenvalue weighted by atomic mass is 9.99. The van der Waals surface area contributed by atoms with E-state index >= 15 is 0 Å². The summed E-state index contributed by atoms with van der Waals surface area (Å²) in [5.41, 5.74) is 0.129. The minimum atomic E-state index is -0.787. The molecule has 0 nitrogen and oxygen atoms in total. The van der Waals surface area contributed by atoms with Gasteiger partial charge in [-0.25, -0.2) is 13.2 Å². The van der Waals surface area contributed by atoms with Crippen LogP contribution in [0.1, 0.15) is 5.56 Å². The van der Waals surface area contributed by atoms with Gasteiger partial charge in [-0.05, 0) is 30.7 Å². The summed E-state index contributed by atoms with van der Waals surface area (Å²) in [5.74, 6) is -2.21. The van der Waals surface area contributed by atoms with Crippen molar-refractivity contribution in [2.75, 3.05) is 0 Å². The average molecular weight is 301 g/mol. The lowest BCUT2D eigenvalue weighted by molar-refractivity contribution is 0.580. The van der Waals surface area contributed by atoms with Crippen molar-refractivity contribution in [1.29, 1.82) is 0 Å². The van der Waals surface area contributed by atoms with Gasteiger partial charge in [0, 0.05) is 10.0 Å². The van der Waals surface area contributed by atoms with Gasteiger partial charge >= 0.3 is 0 Å². The third kappa shape index (κ3) is 2.22. The van der Waals surface area contributed by atoms with Gasteiger partial charge < -0.3 is 0 Å². The van der Waals surface area contributed by atoms with Crippen LogP contribution in [-0.4, -0.2) is 0 Å². The first-order valence-electron chi connectivity index (χ1n) is 4.90. The third-order valence-electron chi connectivity index (χ3n) is 2.48. The fourth-order valence-electron chi connectivity index (χ4n) is 1.73. The molecule has 2 aromatic rings. The number of hydrogen-bond donors (Lipinski definition) is 0. The zero-order valence-corrected chi connectivity index (χ0v) is 10.5. The molecule has 0 saturated carbocycles. The Balaban J connectivity index is 2.77. The molecule has 17 heavy (non-hydrogen) atoms. The summed E-state index contributed by atoms with van der Waals surface area (Å²) in [6.07, 6.45) is 0. The molecule has 0 aromatic heterocycles. The van der Waals surface area contributed by atoms with Crippen molar-refractivity contribution in [3.05, 3.63) is 57.8 Å². The van der Waals surface area contributed by atoms with Gasteiger partial charge in [-0.15, -0.1) is 0 Å². The first-order chi connectivity index (χ1) is 8.00. The minimum absolute atomic E-state index is 0.0324. The maximum Gasteiger partial charge on any atom is 0.135 e. The van der Waals surface area contributed by atoms with E-state index in [1.807, 2.05) is 0 Å². The minimum Gasteiger partial charge on any atom is -0.206 e. The molecule has 0 aliphatic rings. The Morgan fingerprint density at radius 1 is 0.882 bits per heavy atom. The Bertz CT molecular complexity index is 536. The molecule has 0 atom stereocenters. The zero-order chi connectivity index (χ0) is 12.6. The topological polar surface area (TPSA) is 0 Å². The summed E-state index contributed by atoms with van der Waals surface area (Å²) in [7, 11) is 0. The second-order valence-electron chi connectivity index (χ2n) is 3.68. The molecule has 88 valence electrons. The van der Waals surface area contributed by atoms with Gasteiger partial charge in [0.2, 0.25) is 0 Å². The lowest BCUT2D eigenvalue weighted by Gasteiger charge is -2.10. The average Bonchev–Trinajstić information content (AvgIpc) is 2.21. The van der Waals surface area contributed by atoms with Crippen molar-refractivity contribution >= 4 is 15.9 Å². The number of rotatable bonds is 1. The van der Waals surface area contributed by atoms with Crippen molar-refractivity contribution < 1.29 is 13.2 Å². The van der Waals surface area contributed by atoms with Crippen LogP contribution in [0.2, 0.25) is 0 Å². The molecule has 0 radical (unpaired) electrons. The molecular weight excluding hydrogens is 293 g/mol. The highest BCUT2D eigenvalue weighted by molar-refractivity contribution is 9.10. The normalized spacial score (nSPS) is 10.6. The Hall–Kier alpha value is -1.29.